The summed E-state index contributed by atoms with van der Waals surface area (Å²) in [4.78, 5) is 11.1. The molecule has 0 aliphatic carbocycles. The monoisotopic (exact) mass is 153 g/mol. The summed E-state index contributed by atoms with van der Waals surface area (Å²) in [5.74, 6) is 1.04. The van der Waals surface area contributed by atoms with Crippen molar-refractivity contribution in [2.24, 2.45) is 0 Å². The van der Waals surface area contributed by atoms with Gasteiger partial charge in [-0.1, -0.05) is 6.07 Å². The number of hydrogen-bond donors (Lipinski definition) is 0. The quantitative estimate of drug-likeness (QED) is 0.553. The Kier molecular flexibility index (Phi) is 1.31. The van der Waals surface area contributed by atoms with E-state index in [-0.39, 0.29) is 5.56 Å². The van der Waals surface area contributed by atoms with Gasteiger partial charge in [-0.15, -0.1) is 11.8 Å². The second-order valence-corrected chi connectivity index (χ2v) is 3.32. The van der Waals surface area contributed by atoms with E-state index in [0.29, 0.717) is 0 Å². The second kappa shape index (κ2) is 2.16. The molecule has 0 bridgehead atoms. The van der Waals surface area contributed by atoms with Gasteiger partial charge in [-0.05, 0) is 6.07 Å². The maximum absolute atomic E-state index is 11.1. The van der Waals surface area contributed by atoms with E-state index >= 15 is 0 Å². The highest BCUT2D eigenvalue weighted by molar-refractivity contribution is 7.99. The van der Waals surface area contributed by atoms with Gasteiger partial charge in [0.2, 0.25) is 0 Å². The molecule has 0 fully saturated rings. The zero-order chi connectivity index (χ0) is 6.97. The van der Waals surface area contributed by atoms with Crippen LogP contribution in [0.25, 0.3) is 0 Å². The molecular weight excluding hydrogens is 146 g/mol. The lowest BCUT2D eigenvalue weighted by atomic mass is 10.5. The molecule has 0 spiro atoms. The van der Waals surface area contributed by atoms with Crippen LogP contribution < -0.4 is 5.56 Å². The Morgan fingerprint density at radius 2 is 2.40 bits per heavy atom. The highest BCUT2D eigenvalue weighted by Crippen LogP contribution is 2.21. The van der Waals surface area contributed by atoms with Crippen LogP contribution in [-0.4, -0.2) is 10.3 Å². The van der Waals surface area contributed by atoms with E-state index in [2.05, 4.69) is 0 Å². The summed E-state index contributed by atoms with van der Waals surface area (Å²) in [6, 6.07) is 5.40. The highest BCUT2D eigenvalue weighted by Gasteiger charge is 2.09. The van der Waals surface area contributed by atoms with Crippen molar-refractivity contribution in [3.63, 3.8) is 0 Å². The van der Waals surface area contributed by atoms with E-state index in [1.54, 1.807) is 17.8 Å². The summed E-state index contributed by atoms with van der Waals surface area (Å²) >= 11 is 1.74. The molecular formula is C7H7NOS. The van der Waals surface area contributed by atoms with Gasteiger partial charge < -0.3 is 4.57 Å². The smallest absolute Gasteiger partial charge is 0.251 e. The molecule has 0 atom stereocenters. The Bertz CT molecular complexity index is 305. The highest BCUT2D eigenvalue weighted by atomic mass is 32.2. The Morgan fingerprint density at radius 1 is 1.50 bits per heavy atom. The number of thioether (sulfide) groups is 1. The molecule has 1 aromatic rings. The molecule has 2 rings (SSSR count). The van der Waals surface area contributed by atoms with Crippen molar-refractivity contribution < 1.29 is 0 Å². The Morgan fingerprint density at radius 3 is 3.20 bits per heavy atom. The molecule has 2 nitrogen and oxygen atoms in total. The number of nitrogens with zero attached hydrogens (tertiary/aromatic N) is 1. The van der Waals surface area contributed by atoms with Crippen LogP contribution in [0.3, 0.4) is 0 Å². The van der Waals surface area contributed by atoms with E-state index in [0.717, 1.165) is 17.3 Å². The van der Waals surface area contributed by atoms with Gasteiger partial charge in [0.05, 0.1) is 5.03 Å². The van der Waals surface area contributed by atoms with E-state index in [1.807, 2.05) is 16.7 Å². The van der Waals surface area contributed by atoms with E-state index < -0.39 is 0 Å². The molecule has 0 saturated heterocycles. The number of rotatable bonds is 0. The average molecular weight is 153 g/mol. The number of pyridine rings is 1. The van der Waals surface area contributed by atoms with Gasteiger partial charge in [0, 0.05) is 18.4 Å². The van der Waals surface area contributed by atoms with Crippen LogP contribution >= 0.6 is 11.8 Å². The molecule has 1 aliphatic heterocycles. The van der Waals surface area contributed by atoms with Crippen molar-refractivity contribution in [1.82, 2.24) is 4.57 Å². The normalized spacial score (nSPS) is 15.2. The van der Waals surface area contributed by atoms with Crippen LogP contribution in [0.1, 0.15) is 0 Å². The zero-order valence-electron chi connectivity index (χ0n) is 5.41. The Labute approximate surface area is 62.9 Å². The van der Waals surface area contributed by atoms with Crippen LogP contribution in [0.4, 0.5) is 0 Å². The molecule has 2 heterocycles. The third kappa shape index (κ3) is 0.778. The van der Waals surface area contributed by atoms with Crippen molar-refractivity contribution >= 4 is 11.8 Å². The number of fused-ring (bicyclic) bond motifs is 1. The minimum Gasteiger partial charge on any atom is -0.302 e. The minimum absolute atomic E-state index is 0.127. The molecule has 0 aromatic carbocycles. The van der Waals surface area contributed by atoms with Crippen molar-refractivity contribution in [3.05, 3.63) is 28.6 Å². The fourth-order valence-corrected chi connectivity index (χ4v) is 2.08. The Hall–Kier alpha value is -0.700. The first-order valence-electron chi connectivity index (χ1n) is 3.20. The molecule has 0 amide bonds. The van der Waals surface area contributed by atoms with Gasteiger partial charge >= 0.3 is 0 Å². The van der Waals surface area contributed by atoms with Crippen molar-refractivity contribution in [2.45, 2.75) is 11.6 Å². The second-order valence-electron chi connectivity index (χ2n) is 2.20. The van der Waals surface area contributed by atoms with Crippen molar-refractivity contribution in [1.29, 1.82) is 0 Å². The number of hydrogen-bond acceptors (Lipinski definition) is 2. The first kappa shape index (κ1) is 6.04. The summed E-state index contributed by atoms with van der Waals surface area (Å²) in [5.41, 5.74) is 0.127. The topological polar surface area (TPSA) is 22.0 Å². The summed E-state index contributed by atoms with van der Waals surface area (Å²) in [6.45, 7) is 0.875. The van der Waals surface area contributed by atoms with Gasteiger partial charge in [0.25, 0.3) is 5.56 Å². The molecule has 0 N–H and O–H groups in total. The largest absolute Gasteiger partial charge is 0.302 e. The maximum Gasteiger partial charge on any atom is 0.251 e. The number of aromatic nitrogens is 1. The lowest BCUT2D eigenvalue weighted by Crippen LogP contribution is -2.16. The maximum atomic E-state index is 11.1. The third-order valence-electron chi connectivity index (χ3n) is 1.57. The molecule has 0 unspecified atom stereocenters. The molecule has 52 valence electrons. The van der Waals surface area contributed by atoms with E-state index in [4.69, 9.17) is 0 Å². The SMILES string of the molecule is O=c1cccc2n1CCS2. The van der Waals surface area contributed by atoms with Gasteiger partial charge in [-0.25, -0.2) is 0 Å². The molecule has 3 heteroatoms. The zero-order valence-corrected chi connectivity index (χ0v) is 6.23. The van der Waals surface area contributed by atoms with Crippen molar-refractivity contribution in [3.8, 4) is 0 Å². The summed E-state index contributed by atoms with van der Waals surface area (Å²) in [6.07, 6.45) is 0. The first-order valence-corrected chi connectivity index (χ1v) is 4.19. The summed E-state index contributed by atoms with van der Waals surface area (Å²) in [5, 5.41) is 1.10. The first-order chi connectivity index (χ1) is 4.88. The predicted molar refractivity (Wildman–Crippen MR) is 41.4 cm³/mol. The molecule has 10 heavy (non-hydrogen) atoms. The minimum atomic E-state index is 0.127. The fourth-order valence-electron chi connectivity index (χ4n) is 1.09. The van der Waals surface area contributed by atoms with Crippen LogP contribution in [0, 0.1) is 0 Å². The van der Waals surface area contributed by atoms with Crippen LogP contribution in [0.5, 0.6) is 0 Å². The van der Waals surface area contributed by atoms with E-state index in [1.165, 1.54) is 0 Å². The Balaban J connectivity index is 2.70. The third-order valence-corrected chi connectivity index (χ3v) is 2.61. The van der Waals surface area contributed by atoms with Crippen molar-refractivity contribution in [2.75, 3.05) is 5.75 Å². The summed E-state index contributed by atoms with van der Waals surface area (Å²) in [7, 11) is 0. The van der Waals surface area contributed by atoms with Crippen LogP contribution in [0.2, 0.25) is 0 Å². The fraction of sp³-hybridized carbons (Fsp3) is 0.286. The van der Waals surface area contributed by atoms with Gasteiger partial charge in [0.15, 0.2) is 0 Å². The molecule has 1 aliphatic rings. The molecule has 1 aromatic heterocycles. The van der Waals surface area contributed by atoms with Crippen LogP contribution in [-0.2, 0) is 6.54 Å². The van der Waals surface area contributed by atoms with Gasteiger partial charge in [0.1, 0.15) is 0 Å². The van der Waals surface area contributed by atoms with Gasteiger partial charge in [-0.3, -0.25) is 4.79 Å². The molecule has 0 saturated carbocycles. The van der Waals surface area contributed by atoms with Gasteiger partial charge in [-0.2, -0.15) is 0 Å². The summed E-state index contributed by atoms with van der Waals surface area (Å²) < 4.78 is 1.81. The standard InChI is InChI=1S/C7H7NOS/c9-6-2-1-3-7-8(6)4-5-10-7/h1-3H,4-5H2. The van der Waals surface area contributed by atoms with E-state index in [9.17, 15) is 4.79 Å². The lowest BCUT2D eigenvalue weighted by molar-refractivity contribution is 0.693. The lowest BCUT2D eigenvalue weighted by Gasteiger charge is -1.96. The van der Waals surface area contributed by atoms with Crippen LogP contribution in [0.15, 0.2) is 28.0 Å². The molecule has 0 radical (unpaired) electrons. The average Bonchev–Trinajstić information content (AvgIpc) is 2.36. The predicted octanol–water partition coefficient (Wildman–Crippen LogP) is 0.954.